The first-order valence-corrected chi connectivity index (χ1v) is 6.48. The Labute approximate surface area is 106 Å². The van der Waals surface area contributed by atoms with Crippen LogP contribution >= 0.6 is 0 Å². The summed E-state index contributed by atoms with van der Waals surface area (Å²) in [5.41, 5.74) is 1.76. The Hall–Kier alpha value is -1.61. The summed E-state index contributed by atoms with van der Waals surface area (Å²) in [5, 5.41) is 13.9. The second-order valence-electron chi connectivity index (χ2n) is 5.09. The van der Waals surface area contributed by atoms with Crippen molar-refractivity contribution in [2.24, 2.45) is 0 Å². The number of aliphatic hydroxyl groups is 1. The number of benzene rings is 1. The number of rotatable bonds is 3. The molecule has 1 fully saturated rings. The van der Waals surface area contributed by atoms with Crippen LogP contribution in [0.1, 0.15) is 31.4 Å². The number of nitrogens with zero attached hydrogens (tertiary/aromatic N) is 1. The molecule has 0 unspecified atom stereocenters. The van der Waals surface area contributed by atoms with Crippen molar-refractivity contribution in [3.8, 4) is 11.3 Å². The van der Waals surface area contributed by atoms with Gasteiger partial charge in [0, 0.05) is 17.0 Å². The highest BCUT2D eigenvalue weighted by Gasteiger charge is 2.37. The first-order chi connectivity index (χ1) is 8.84. The lowest BCUT2D eigenvalue weighted by Crippen LogP contribution is -2.27. The lowest BCUT2D eigenvalue weighted by molar-refractivity contribution is 0.188. The van der Waals surface area contributed by atoms with Crippen LogP contribution in [0.5, 0.6) is 0 Å². The fourth-order valence-corrected chi connectivity index (χ4v) is 2.81. The lowest BCUT2D eigenvalue weighted by Gasteiger charge is -2.22. The average molecular weight is 243 g/mol. The van der Waals surface area contributed by atoms with Crippen LogP contribution < -0.4 is 0 Å². The first-order valence-electron chi connectivity index (χ1n) is 6.48. The SMILES string of the molecule is OCC1(c2cc(-c3ccccc3)on2)CCCC1. The maximum Gasteiger partial charge on any atom is 0.167 e. The molecule has 94 valence electrons. The van der Waals surface area contributed by atoms with Crippen LogP contribution in [0.4, 0.5) is 0 Å². The van der Waals surface area contributed by atoms with Crippen molar-refractivity contribution in [2.45, 2.75) is 31.1 Å². The van der Waals surface area contributed by atoms with Gasteiger partial charge in [0.25, 0.3) is 0 Å². The van der Waals surface area contributed by atoms with E-state index in [1.807, 2.05) is 36.4 Å². The van der Waals surface area contributed by atoms with Gasteiger partial charge in [0.05, 0.1) is 12.3 Å². The highest BCUT2D eigenvalue weighted by molar-refractivity contribution is 5.57. The predicted octanol–water partition coefficient (Wildman–Crippen LogP) is 3.15. The van der Waals surface area contributed by atoms with Crippen molar-refractivity contribution >= 4 is 0 Å². The molecule has 3 rings (SSSR count). The molecule has 0 spiro atoms. The second-order valence-corrected chi connectivity index (χ2v) is 5.09. The van der Waals surface area contributed by atoms with Crippen LogP contribution in [0.2, 0.25) is 0 Å². The van der Waals surface area contributed by atoms with E-state index in [1.54, 1.807) is 0 Å². The molecule has 0 amide bonds. The zero-order chi connectivity index (χ0) is 12.4. The minimum Gasteiger partial charge on any atom is -0.395 e. The quantitative estimate of drug-likeness (QED) is 0.900. The summed E-state index contributed by atoms with van der Waals surface area (Å²) < 4.78 is 5.43. The maximum atomic E-state index is 9.67. The standard InChI is InChI=1S/C15H17NO2/c17-11-15(8-4-5-9-15)14-10-13(18-16-14)12-6-2-1-3-7-12/h1-3,6-7,10,17H,4-5,8-9,11H2. The van der Waals surface area contributed by atoms with Crippen molar-refractivity contribution < 1.29 is 9.63 Å². The van der Waals surface area contributed by atoms with Crippen molar-refractivity contribution in [3.63, 3.8) is 0 Å². The molecular formula is C15H17NO2. The van der Waals surface area contributed by atoms with Gasteiger partial charge in [0.2, 0.25) is 0 Å². The average Bonchev–Trinajstić information content (AvgIpc) is 3.09. The molecule has 3 nitrogen and oxygen atoms in total. The Morgan fingerprint density at radius 3 is 2.56 bits per heavy atom. The van der Waals surface area contributed by atoms with Crippen molar-refractivity contribution in [1.29, 1.82) is 0 Å². The van der Waals surface area contributed by atoms with E-state index in [-0.39, 0.29) is 12.0 Å². The van der Waals surface area contributed by atoms with Gasteiger partial charge < -0.3 is 9.63 Å². The van der Waals surface area contributed by atoms with Gasteiger partial charge in [-0.1, -0.05) is 48.3 Å². The van der Waals surface area contributed by atoms with Gasteiger partial charge >= 0.3 is 0 Å². The summed E-state index contributed by atoms with van der Waals surface area (Å²) >= 11 is 0. The lowest BCUT2D eigenvalue weighted by atomic mass is 9.83. The van der Waals surface area contributed by atoms with Crippen LogP contribution in [0, 0.1) is 0 Å². The summed E-state index contributed by atoms with van der Waals surface area (Å²) in [5.74, 6) is 0.783. The Morgan fingerprint density at radius 1 is 1.17 bits per heavy atom. The highest BCUT2D eigenvalue weighted by atomic mass is 16.5. The number of aliphatic hydroxyl groups excluding tert-OH is 1. The molecular weight excluding hydrogens is 226 g/mol. The fraction of sp³-hybridized carbons (Fsp3) is 0.400. The summed E-state index contributed by atoms with van der Waals surface area (Å²) in [6.07, 6.45) is 4.33. The topological polar surface area (TPSA) is 46.3 Å². The van der Waals surface area contributed by atoms with Gasteiger partial charge in [0.1, 0.15) is 0 Å². The molecule has 0 aliphatic heterocycles. The third kappa shape index (κ3) is 1.85. The minimum absolute atomic E-state index is 0.160. The van der Waals surface area contributed by atoms with Crippen molar-refractivity contribution in [3.05, 3.63) is 42.1 Å². The molecule has 0 bridgehead atoms. The van der Waals surface area contributed by atoms with E-state index in [9.17, 15) is 5.11 Å². The zero-order valence-corrected chi connectivity index (χ0v) is 10.3. The molecule has 1 aliphatic rings. The molecule has 1 aliphatic carbocycles. The van der Waals surface area contributed by atoms with Gasteiger partial charge in [-0.25, -0.2) is 0 Å². The molecule has 0 radical (unpaired) electrons. The van der Waals surface area contributed by atoms with Crippen LogP contribution in [0.3, 0.4) is 0 Å². The maximum absolute atomic E-state index is 9.67. The molecule has 3 heteroatoms. The number of aromatic nitrogens is 1. The summed E-state index contributed by atoms with van der Waals surface area (Å²) in [7, 11) is 0. The van der Waals surface area contributed by atoms with Crippen LogP contribution in [0.25, 0.3) is 11.3 Å². The number of hydrogen-bond acceptors (Lipinski definition) is 3. The monoisotopic (exact) mass is 243 g/mol. The third-order valence-corrected chi connectivity index (χ3v) is 3.98. The molecule has 1 heterocycles. The van der Waals surface area contributed by atoms with Gasteiger partial charge in [-0.3, -0.25) is 0 Å². The summed E-state index contributed by atoms with van der Waals surface area (Å²) in [4.78, 5) is 0. The zero-order valence-electron chi connectivity index (χ0n) is 10.3. The Kier molecular flexibility index (Phi) is 2.92. The highest BCUT2D eigenvalue weighted by Crippen LogP contribution is 2.41. The van der Waals surface area contributed by atoms with Crippen LogP contribution in [0.15, 0.2) is 40.9 Å². The number of hydrogen-bond donors (Lipinski definition) is 1. The van der Waals surface area contributed by atoms with Crippen LogP contribution in [-0.2, 0) is 5.41 Å². The summed E-state index contributed by atoms with van der Waals surface area (Å²) in [6.45, 7) is 0.160. The fourth-order valence-electron chi connectivity index (χ4n) is 2.81. The molecule has 1 aromatic carbocycles. The first kappa shape index (κ1) is 11.5. The largest absolute Gasteiger partial charge is 0.395 e. The normalized spacial score (nSPS) is 18.1. The predicted molar refractivity (Wildman–Crippen MR) is 69.2 cm³/mol. The Bertz CT molecular complexity index is 512. The van der Waals surface area contributed by atoms with E-state index in [4.69, 9.17) is 4.52 Å². The van der Waals surface area contributed by atoms with E-state index in [2.05, 4.69) is 5.16 Å². The van der Waals surface area contributed by atoms with E-state index >= 15 is 0 Å². The van der Waals surface area contributed by atoms with E-state index in [0.29, 0.717) is 0 Å². The third-order valence-electron chi connectivity index (χ3n) is 3.98. The second kappa shape index (κ2) is 4.58. The molecule has 1 saturated carbocycles. The Morgan fingerprint density at radius 2 is 1.89 bits per heavy atom. The molecule has 0 saturated heterocycles. The Balaban J connectivity index is 1.94. The van der Waals surface area contributed by atoms with Gasteiger partial charge in [-0.2, -0.15) is 0 Å². The molecule has 18 heavy (non-hydrogen) atoms. The smallest absolute Gasteiger partial charge is 0.167 e. The van der Waals surface area contributed by atoms with Crippen molar-refractivity contribution in [1.82, 2.24) is 5.16 Å². The molecule has 0 atom stereocenters. The molecule has 2 aromatic rings. The minimum atomic E-state index is -0.170. The summed E-state index contributed by atoms with van der Waals surface area (Å²) in [6, 6.07) is 11.9. The van der Waals surface area contributed by atoms with E-state index in [1.165, 1.54) is 0 Å². The van der Waals surface area contributed by atoms with E-state index < -0.39 is 0 Å². The van der Waals surface area contributed by atoms with Crippen LogP contribution in [-0.4, -0.2) is 16.9 Å². The van der Waals surface area contributed by atoms with Gasteiger partial charge in [0.15, 0.2) is 5.76 Å². The van der Waals surface area contributed by atoms with Gasteiger partial charge in [-0.05, 0) is 12.8 Å². The van der Waals surface area contributed by atoms with E-state index in [0.717, 1.165) is 42.7 Å². The molecule has 1 N–H and O–H groups in total. The van der Waals surface area contributed by atoms with Crippen molar-refractivity contribution in [2.75, 3.05) is 6.61 Å². The molecule has 1 aromatic heterocycles. The van der Waals surface area contributed by atoms with Gasteiger partial charge in [-0.15, -0.1) is 0 Å².